The quantitative estimate of drug-likeness (QED) is 0.560. The van der Waals surface area contributed by atoms with Crippen LogP contribution in [0.1, 0.15) is 5.56 Å². The highest BCUT2D eigenvalue weighted by Gasteiger charge is 2.19. The molecule has 0 amide bonds. The van der Waals surface area contributed by atoms with Crippen LogP contribution in [0.15, 0.2) is 80.7 Å². The van der Waals surface area contributed by atoms with Crippen LogP contribution in [0.3, 0.4) is 0 Å². The smallest absolute Gasteiger partial charge is 0.335 e. The zero-order valence-electron chi connectivity index (χ0n) is 13.9. The van der Waals surface area contributed by atoms with Gasteiger partial charge in [0, 0.05) is 17.3 Å². The summed E-state index contributed by atoms with van der Waals surface area (Å²) < 4.78 is 6.73. The average Bonchev–Trinajstić information content (AvgIpc) is 2.65. The third-order valence-corrected chi connectivity index (χ3v) is 4.32. The Balaban J connectivity index is 2.26. The van der Waals surface area contributed by atoms with Crippen molar-refractivity contribution in [1.29, 1.82) is 0 Å². The van der Waals surface area contributed by atoms with Gasteiger partial charge in [-0.05, 0) is 24.6 Å². The highest BCUT2D eigenvalue weighted by Crippen LogP contribution is 2.31. The predicted octanol–water partition coefficient (Wildman–Crippen LogP) is 2.99. The maximum Gasteiger partial charge on any atom is 0.335 e. The van der Waals surface area contributed by atoms with Crippen molar-refractivity contribution in [2.24, 2.45) is 0 Å². The van der Waals surface area contributed by atoms with Gasteiger partial charge in [0.1, 0.15) is 5.58 Å². The van der Waals surface area contributed by atoms with Crippen LogP contribution in [0.25, 0.3) is 27.9 Å². The number of hydrogen-bond donors (Lipinski definition) is 0. The van der Waals surface area contributed by atoms with Crippen molar-refractivity contribution in [2.75, 3.05) is 0 Å². The van der Waals surface area contributed by atoms with Crippen LogP contribution < -0.4 is 16.3 Å². The van der Waals surface area contributed by atoms with E-state index < -0.39 is 16.9 Å². The molecule has 5 nitrogen and oxygen atoms in total. The summed E-state index contributed by atoms with van der Waals surface area (Å²) in [5.74, 6) is -0.631. The van der Waals surface area contributed by atoms with Crippen molar-refractivity contribution in [2.45, 2.75) is 6.92 Å². The summed E-state index contributed by atoms with van der Waals surface area (Å²) >= 11 is 0. The van der Waals surface area contributed by atoms with Gasteiger partial charge in [-0.3, -0.25) is 9.36 Å². The molecule has 0 aliphatic heterocycles. The molecule has 0 spiro atoms. The molecular weight excluding hydrogens is 330 g/mol. The number of benzene rings is 2. The largest absolute Gasteiger partial charge is 0.872 e. The van der Waals surface area contributed by atoms with Crippen LogP contribution in [0.4, 0.5) is 0 Å². The fraction of sp³-hybridized carbons (Fsp3) is 0.0476. The molecule has 4 rings (SSSR count). The average molecular weight is 344 g/mol. The maximum absolute atomic E-state index is 13.2. The Labute approximate surface area is 148 Å². The van der Waals surface area contributed by atoms with Crippen molar-refractivity contribution < 1.29 is 9.52 Å². The molecule has 0 bridgehead atoms. The Kier molecular flexibility index (Phi) is 3.69. The lowest BCUT2D eigenvalue weighted by Crippen LogP contribution is -2.23. The molecule has 4 aromatic rings. The minimum Gasteiger partial charge on any atom is -0.872 e. The van der Waals surface area contributed by atoms with E-state index in [9.17, 15) is 14.7 Å². The summed E-state index contributed by atoms with van der Waals surface area (Å²) in [6, 6.07) is 19.2. The molecule has 2 aromatic heterocycles. The molecule has 2 aromatic carbocycles. The number of hydrogen-bond acceptors (Lipinski definition) is 4. The number of pyridine rings is 1. The summed E-state index contributed by atoms with van der Waals surface area (Å²) in [5, 5.41) is 12.2. The molecule has 0 unspecified atom stereocenters. The number of aromatic nitrogens is 1. The fourth-order valence-electron chi connectivity index (χ4n) is 3.19. The molecular formula is C21H14NO4-. The van der Waals surface area contributed by atoms with Crippen LogP contribution in [-0.4, -0.2) is 4.57 Å². The van der Waals surface area contributed by atoms with Gasteiger partial charge < -0.3 is 9.52 Å². The molecule has 0 atom stereocenters. The van der Waals surface area contributed by atoms with Crippen LogP contribution in [0.2, 0.25) is 0 Å². The summed E-state index contributed by atoms with van der Waals surface area (Å²) in [7, 11) is 0. The van der Waals surface area contributed by atoms with E-state index in [-0.39, 0.29) is 11.0 Å². The highest BCUT2D eigenvalue weighted by atomic mass is 16.4. The van der Waals surface area contributed by atoms with Crippen LogP contribution >= 0.6 is 0 Å². The van der Waals surface area contributed by atoms with Gasteiger partial charge in [-0.15, -0.1) is 0 Å². The summed E-state index contributed by atoms with van der Waals surface area (Å²) in [6.07, 6.45) is 0. The third-order valence-electron chi connectivity index (χ3n) is 4.32. The van der Waals surface area contributed by atoms with Gasteiger partial charge in [0.15, 0.2) is 0 Å². The normalized spacial score (nSPS) is 11.0. The maximum atomic E-state index is 13.2. The second-order valence-electron chi connectivity index (χ2n) is 5.95. The first-order valence-electron chi connectivity index (χ1n) is 8.09. The zero-order chi connectivity index (χ0) is 18.3. The zero-order valence-corrected chi connectivity index (χ0v) is 13.9. The van der Waals surface area contributed by atoms with Crippen LogP contribution in [0.5, 0.6) is 5.75 Å². The van der Waals surface area contributed by atoms with Crippen molar-refractivity contribution in [3.63, 3.8) is 0 Å². The summed E-state index contributed by atoms with van der Waals surface area (Å²) in [4.78, 5) is 24.9. The lowest BCUT2D eigenvalue weighted by atomic mass is 10.0. The predicted molar refractivity (Wildman–Crippen MR) is 97.7 cm³/mol. The van der Waals surface area contributed by atoms with E-state index in [1.165, 1.54) is 4.57 Å². The number of aryl methyl sites for hydroxylation is 1. The van der Waals surface area contributed by atoms with Crippen LogP contribution in [-0.2, 0) is 0 Å². The van der Waals surface area contributed by atoms with Crippen molar-refractivity contribution in [3.05, 3.63) is 93.1 Å². The summed E-state index contributed by atoms with van der Waals surface area (Å²) in [5.41, 5.74) is 1.33. The van der Waals surface area contributed by atoms with Gasteiger partial charge >= 0.3 is 5.63 Å². The van der Waals surface area contributed by atoms with E-state index in [1.807, 2.05) is 48.5 Å². The van der Waals surface area contributed by atoms with Gasteiger partial charge in [0.25, 0.3) is 5.56 Å². The lowest BCUT2D eigenvalue weighted by Gasteiger charge is -2.19. The van der Waals surface area contributed by atoms with Gasteiger partial charge in [-0.25, -0.2) is 4.79 Å². The van der Waals surface area contributed by atoms with Gasteiger partial charge in [-0.1, -0.05) is 54.3 Å². The summed E-state index contributed by atoms with van der Waals surface area (Å²) in [6.45, 7) is 1.74. The Bertz CT molecular complexity index is 1220. The SMILES string of the molecule is Cc1c(-c2ccccc2)n(-c2ccccc2)c(=O)c2c([O-])cc(=O)oc12. The molecule has 0 aliphatic carbocycles. The van der Waals surface area contributed by atoms with E-state index in [2.05, 4.69) is 0 Å². The number of rotatable bonds is 2. The first-order valence-corrected chi connectivity index (χ1v) is 8.09. The Hall–Kier alpha value is -3.60. The monoisotopic (exact) mass is 344 g/mol. The molecule has 0 fully saturated rings. The standard InChI is InChI=1S/C21H15NO4/c1-13-19(14-8-4-2-5-9-14)22(15-10-6-3-7-11-15)21(25)18-16(23)12-17(24)26-20(13)18/h2-12,23H,1H3/p-1. The molecule has 0 radical (unpaired) electrons. The second-order valence-corrected chi connectivity index (χ2v) is 5.95. The Morgan fingerprint density at radius 1 is 0.923 bits per heavy atom. The minimum atomic E-state index is -0.763. The van der Waals surface area contributed by atoms with E-state index in [0.29, 0.717) is 16.9 Å². The first-order chi connectivity index (χ1) is 12.6. The molecule has 2 heterocycles. The fourth-order valence-corrected chi connectivity index (χ4v) is 3.19. The molecule has 0 saturated heterocycles. The Morgan fingerprint density at radius 2 is 1.54 bits per heavy atom. The van der Waals surface area contributed by atoms with E-state index in [4.69, 9.17) is 4.42 Å². The minimum absolute atomic E-state index is 0.0403. The van der Waals surface area contributed by atoms with E-state index in [1.54, 1.807) is 19.1 Å². The molecule has 0 saturated carbocycles. The van der Waals surface area contributed by atoms with E-state index in [0.717, 1.165) is 11.6 Å². The number of fused-ring (bicyclic) bond motifs is 1. The van der Waals surface area contributed by atoms with Crippen LogP contribution in [0, 0.1) is 6.92 Å². The third kappa shape index (κ3) is 2.41. The number of para-hydroxylation sites is 1. The van der Waals surface area contributed by atoms with E-state index >= 15 is 0 Å². The van der Waals surface area contributed by atoms with Gasteiger partial charge in [0.2, 0.25) is 0 Å². The second kappa shape index (κ2) is 6.04. The molecule has 26 heavy (non-hydrogen) atoms. The molecule has 128 valence electrons. The first kappa shape index (κ1) is 15.9. The molecule has 0 N–H and O–H groups in total. The van der Waals surface area contributed by atoms with Crippen molar-refractivity contribution in [1.82, 2.24) is 4.57 Å². The topological polar surface area (TPSA) is 75.3 Å². The molecule has 0 aliphatic rings. The highest BCUT2D eigenvalue weighted by molar-refractivity contribution is 5.89. The van der Waals surface area contributed by atoms with Gasteiger partial charge in [0.05, 0.1) is 11.1 Å². The van der Waals surface area contributed by atoms with Gasteiger partial charge in [-0.2, -0.15) is 0 Å². The molecule has 5 heteroatoms. The Morgan fingerprint density at radius 3 is 2.19 bits per heavy atom. The van der Waals surface area contributed by atoms with Crippen molar-refractivity contribution in [3.8, 4) is 22.7 Å². The lowest BCUT2D eigenvalue weighted by molar-refractivity contribution is -0.266. The van der Waals surface area contributed by atoms with Crippen molar-refractivity contribution >= 4 is 11.0 Å². The number of nitrogens with zero attached hydrogens (tertiary/aromatic N) is 1.